The third kappa shape index (κ3) is 0.973. The lowest BCUT2D eigenvalue weighted by atomic mass is 10.2. The summed E-state index contributed by atoms with van der Waals surface area (Å²) < 4.78 is 0. The molecule has 1 aliphatic carbocycles. The van der Waals surface area contributed by atoms with Crippen molar-refractivity contribution in [3.05, 3.63) is 23.4 Å². The van der Waals surface area contributed by atoms with E-state index in [2.05, 4.69) is 4.98 Å². The minimum Gasteiger partial charge on any atom is -0.388 e. The standard InChI is InChI=1S/C8H10N2O/c9-8-4-1-5-6(10-8)2-3-7(5)11/h1,4,7,11H,2-3H2,(H2,9,10). The van der Waals surface area contributed by atoms with Crippen LogP contribution in [0, 0.1) is 0 Å². The maximum Gasteiger partial charge on any atom is 0.123 e. The maximum absolute atomic E-state index is 9.39. The molecule has 1 aliphatic rings. The van der Waals surface area contributed by atoms with Crippen LogP contribution in [0.25, 0.3) is 0 Å². The first kappa shape index (κ1) is 6.61. The van der Waals surface area contributed by atoms with E-state index in [0.29, 0.717) is 5.82 Å². The van der Waals surface area contributed by atoms with Gasteiger partial charge in [0.2, 0.25) is 0 Å². The third-order valence-electron chi connectivity index (χ3n) is 2.04. The number of pyridine rings is 1. The van der Waals surface area contributed by atoms with Gasteiger partial charge >= 0.3 is 0 Å². The second-order valence-corrected chi connectivity index (χ2v) is 2.83. The Labute approximate surface area is 64.9 Å². The molecule has 2 rings (SSSR count). The van der Waals surface area contributed by atoms with Crippen molar-refractivity contribution in [3.8, 4) is 0 Å². The Morgan fingerprint density at radius 1 is 1.55 bits per heavy atom. The number of nitrogens with two attached hydrogens (primary N) is 1. The molecule has 3 N–H and O–H groups in total. The van der Waals surface area contributed by atoms with Gasteiger partial charge in [-0.2, -0.15) is 0 Å². The van der Waals surface area contributed by atoms with Crippen molar-refractivity contribution in [2.24, 2.45) is 0 Å². The molecule has 0 saturated heterocycles. The van der Waals surface area contributed by atoms with Gasteiger partial charge in [-0.3, -0.25) is 0 Å². The third-order valence-corrected chi connectivity index (χ3v) is 2.04. The van der Waals surface area contributed by atoms with Crippen LogP contribution in [0.4, 0.5) is 5.82 Å². The molecule has 58 valence electrons. The molecule has 3 nitrogen and oxygen atoms in total. The molecule has 1 aromatic rings. The summed E-state index contributed by atoms with van der Waals surface area (Å²) in [5.41, 5.74) is 7.38. The van der Waals surface area contributed by atoms with Crippen molar-refractivity contribution in [1.82, 2.24) is 4.98 Å². The SMILES string of the molecule is Nc1ccc2c(n1)CCC2O. The molecule has 0 aliphatic heterocycles. The summed E-state index contributed by atoms with van der Waals surface area (Å²) in [6.07, 6.45) is 1.31. The Kier molecular flexibility index (Phi) is 1.32. The van der Waals surface area contributed by atoms with Crippen LogP contribution in [0.3, 0.4) is 0 Å². The Morgan fingerprint density at radius 2 is 2.36 bits per heavy atom. The van der Waals surface area contributed by atoms with Gasteiger partial charge in [0, 0.05) is 11.3 Å². The van der Waals surface area contributed by atoms with Crippen LogP contribution in [0.15, 0.2) is 12.1 Å². The minimum absolute atomic E-state index is 0.321. The molecule has 1 unspecified atom stereocenters. The Hall–Kier alpha value is -1.09. The Balaban J connectivity index is 2.50. The van der Waals surface area contributed by atoms with E-state index in [9.17, 15) is 5.11 Å². The van der Waals surface area contributed by atoms with E-state index in [0.717, 1.165) is 24.1 Å². The fourth-order valence-corrected chi connectivity index (χ4v) is 1.46. The van der Waals surface area contributed by atoms with Gasteiger partial charge in [-0.25, -0.2) is 4.98 Å². The van der Waals surface area contributed by atoms with E-state index in [1.165, 1.54) is 0 Å². The summed E-state index contributed by atoms with van der Waals surface area (Å²) >= 11 is 0. The van der Waals surface area contributed by atoms with Crippen LogP contribution >= 0.6 is 0 Å². The van der Waals surface area contributed by atoms with Gasteiger partial charge in [0.25, 0.3) is 0 Å². The number of hydrogen-bond donors (Lipinski definition) is 2. The minimum atomic E-state index is -0.321. The molecule has 0 spiro atoms. The molecular weight excluding hydrogens is 140 g/mol. The van der Waals surface area contributed by atoms with Crippen LogP contribution in [-0.2, 0) is 6.42 Å². The van der Waals surface area contributed by atoms with E-state index < -0.39 is 0 Å². The molecule has 1 aromatic heterocycles. The molecule has 1 heterocycles. The monoisotopic (exact) mass is 150 g/mol. The molecule has 0 saturated carbocycles. The van der Waals surface area contributed by atoms with Gasteiger partial charge in [-0.15, -0.1) is 0 Å². The van der Waals surface area contributed by atoms with Gasteiger partial charge in [-0.05, 0) is 18.9 Å². The number of aliphatic hydroxyl groups is 1. The topological polar surface area (TPSA) is 59.1 Å². The molecule has 3 heteroatoms. The average molecular weight is 150 g/mol. The van der Waals surface area contributed by atoms with Gasteiger partial charge in [0.05, 0.1) is 6.10 Å². The molecule has 11 heavy (non-hydrogen) atoms. The van der Waals surface area contributed by atoms with Crippen molar-refractivity contribution in [2.75, 3.05) is 5.73 Å². The second kappa shape index (κ2) is 2.20. The van der Waals surface area contributed by atoms with Gasteiger partial charge in [0.1, 0.15) is 5.82 Å². The van der Waals surface area contributed by atoms with Gasteiger partial charge in [0.15, 0.2) is 0 Å². The van der Waals surface area contributed by atoms with E-state index in [1.807, 2.05) is 6.07 Å². The lowest BCUT2D eigenvalue weighted by Crippen LogP contribution is -1.95. The fraction of sp³-hybridized carbons (Fsp3) is 0.375. The Bertz CT molecular complexity index is 285. The second-order valence-electron chi connectivity index (χ2n) is 2.83. The number of aryl methyl sites for hydroxylation is 1. The predicted octanol–water partition coefficient (Wildman–Crippen LogP) is 0.643. The number of nitrogen functional groups attached to an aromatic ring is 1. The normalized spacial score (nSPS) is 21.7. The summed E-state index contributed by atoms with van der Waals surface area (Å²) in [5, 5.41) is 9.39. The zero-order chi connectivity index (χ0) is 7.84. The number of aliphatic hydroxyl groups excluding tert-OH is 1. The average Bonchev–Trinajstić information content (AvgIpc) is 2.32. The van der Waals surface area contributed by atoms with Crippen LogP contribution in [0.5, 0.6) is 0 Å². The van der Waals surface area contributed by atoms with Crippen molar-refractivity contribution in [2.45, 2.75) is 18.9 Å². The number of anilines is 1. The number of hydrogen-bond acceptors (Lipinski definition) is 3. The summed E-state index contributed by atoms with van der Waals surface area (Å²) in [5.74, 6) is 0.540. The lowest BCUT2D eigenvalue weighted by Gasteiger charge is -2.01. The first-order valence-corrected chi connectivity index (χ1v) is 3.71. The molecular formula is C8H10N2O. The number of aromatic nitrogens is 1. The van der Waals surface area contributed by atoms with Crippen molar-refractivity contribution >= 4 is 5.82 Å². The number of nitrogens with zero attached hydrogens (tertiary/aromatic N) is 1. The first-order chi connectivity index (χ1) is 5.27. The fourth-order valence-electron chi connectivity index (χ4n) is 1.46. The molecule has 0 fully saturated rings. The number of rotatable bonds is 0. The maximum atomic E-state index is 9.39. The summed E-state index contributed by atoms with van der Waals surface area (Å²) in [6.45, 7) is 0. The van der Waals surface area contributed by atoms with Gasteiger partial charge in [-0.1, -0.05) is 6.07 Å². The Morgan fingerprint density at radius 3 is 3.18 bits per heavy atom. The lowest BCUT2D eigenvalue weighted by molar-refractivity contribution is 0.180. The van der Waals surface area contributed by atoms with E-state index in [1.54, 1.807) is 6.07 Å². The molecule has 0 radical (unpaired) electrons. The zero-order valence-electron chi connectivity index (χ0n) is 6.12. The van der Waals surface area contributed by atoms with Crippen molar-refractivity contribution in [1.29, 1.82) is 0 Å². The van der Waals surface area contributed by atoms with Crippen molar-refractivity contribution in [3.63, 3.8) is 0 Å². The predicted molar refractivity (Wildman–Crippen MR) is 41.9 cm³/mol. The molecule has 0 amide bonds. The molecule has 0 aromatic carbocycles. The largest absolute Gasteiger partial charge is 0.388 e. The van der Waals surface area contributed by atoms with E-state index in [-0.39, 0.29) is 6.10 Å². The smallest absolute Gasteiger partial charge is 0.123 e. The summed E-state index contributed by atoms with van der Waals surface area (Å²) in [6, 6.07) is 3.59. The summed E-state index contributed by atoms with van der Waals surface area (Å²) in [7, 11) is 0. The van der Waals surface area contributed by atoms with E-state index >= 15 is 0 Å². The molecule has 0 bridgehead atoms. The number of fused-ring (bicyclic) bond motifs is 1. The quantitative estimate of drug-likeness (QED) is 0.570. The summed E-state index contributed by atoms with van der Waals surface area (Å²) in [4.78, 5) is 4.12. The highest BCUT2D eigenvalue weighted by Crippen LogP contribution is 2.29. The van der Waals surface area contributed by atoms with Crippen LogP contribution in [0.2, 0.25) is 0 Å². The van der Waals surface area contributed by atoms with Crippen LogP contribution < -0.4 is 5.73 Å². The van der Waals surface area contributed by atoms with Gasteiger partial charge < -0.3 is 10.8 Å². The van der Waals surface area contributed by atoms with Crippen molar-refractivity contribution < 1.29 is 5.11 Å². The highest BCUT2D eigenvalue weighted by Gasteiger charge is 2.20. The van der Waals surface area contributed by atoms with Crippen LogP contribution in [-0.4, -0.2) is 10.1 Å². The highest BCUT2D eigenvalue weighted by molar-refractivity contribution is 5.37. The first-order valence-electron chi connectivity index (χ1n) is 3.71. The van der Waals surface area contributed by atoms with E-state index in [4.69, 9.17) is 5.73 Å². The molecule has 1 atom stereocenters. The highest BCUT2D eigenvalue weighted by atomic mass is 16.3. The van der Waals surface area contributed by atoms with Crippen LogP contribution in [0.1, 0.15) is 23.8 Å². The zero-order valence-corrected chi connectivity index (χ0v) is 6.12.